The predicted molar refractivity (Wildman–Crippen MR) is 97.4 cm³/mol. The Bertz CT molecular complexity index is 687. The molecule has 2 fully saturated rings. The third-order valence-corrected chi connectivity index (χ3v) is 7.06. The predicted octanol–water partition coefficient (Wildman–Crippen LogP) is 1.05. The number of piperidine rings is 1. The van der Waals surface area contributed by atoms with Gasteiger partial charge in [-0.1, -0.05) is 30.3 Å². The van der Waals surface area contributed by atoms with Gasteiger partial charge in [0.1, 0.15) is 0 Å². The van der Waals surface area contributed by atoms with E-state index in [0.29, 0.717) is 13.1 Å². The molecule has 2 aliphatic rings. The van der Waals surface area contributed by atoms with E-state index in [2.05, 4.69) is 5.32 Å². The first-order chi connectivity index (χ1) is 12.0. The highest BCUT2D eigenvalue weighted by molar-refractivity contribution is 7.88. The van der Waals surface area contributed by atoms with Crippen molar-refractivity contribution in [3.05, 3.63) is 35.9 Å². The van der Waals surface area contributed by atoms with Gasteiger partial charge in [0.05, 0.1) is 11.7 Å². The summed E-state index contributed by atoms with van der Waals surface area (Å²) >= 11 is 0. The van der Waals surface area contributed by atoms with Crippen LogP contribution in [0.25, 0.3) is 0 Å². The molecule has 138 valence electrons. The van der Waals surface area contributed by atoms with Gasteiger partial charge in [0.25, 0.3) is 0 Å². The largest absolute Gasteiger partial charge is 0.341 e. The molecule has 0 aliphatic carbocycles. The molecule has 1 amide bonds. The maximum absolute atomic E-state index is 12.8. The van der Waals surface area contributed by atoms with Crippen LogP contribution < -0.4 is 5.32 Å². The second kappa shape index (κ2) is 7.85. The lowest BCUT2D eigenvalue weighted by Gasteiger charge is -2.35. The van der Waals surface area contributed by atoms with Gasteiger partial charge in [-0.15, -0.1) is 0 Å². The van der Waals surface area contributed by atoms with Crippen molar-refractivity contribution in [2.24, 2.45) is 5.92 Å². The van der Waals surface area contributed by atoms with Crippen molar-refractivity contribution in [3.63, 3.8) is 0 Å². The highest BCUT2D eigenvalue weighted by Gasteiger charge is 2.35. The van der Waals surface area contributed by atoms with Crippen molar-refractivity contribution in [1.82, 2.24) is 14.5 Å². The third kappa shape index (κ3) is 4.40. The molecule has 2 heterocycles. The van der Waals surface area contributed by atoms with Crippen LogP contribution in [0.2, 0.25) is 0 Å². The maximum atomic E-state index is 12.8. The number of amides is 1. The van der Waals surface area contributed by atoms with Crippen LogP contribution in [0, 0.1) is 5.92 Å². The first-order valence-electron chi connectivity index (χ1n) is 8.96. The summed E-state index contributed by atoms with van der Waals surface area (Å²) in [6, 6.07) is 9.44. The van der Waals surface area contributed by atoms with Gasteiger partial charge in [0.15, 0.2) is 0 Å². The van der Waals surface area contributed by atoms with Gasteiger partial charge in [-0.25, -0.2) is 12.7 Å². The van der Waals surface area contributed by atoms with Gasteiger partial charge < -0.3 is 10.2 Å². The zero-order valence-corrected chi connectivity index (χ0v) is 15.5. The molecule has 3 rings (SSSR count). The van der Waals surface area contributed by atoms with Crippen molar-refractivity contribution in [1.29, 1.82) is 0 Å². The Labute approximate surface area is 150 Å². The van der Waals surface area contributed by atoms with Gasteiger partial charge >= 0.3 is 0 Å². The van der Waals surface area contributed by atoms with E-state index in [0.717, 1.165) is 37.9 Å². The number of sulfonamides is 1. The smallest absolute Gasteiger partial charge is 0.227 e. The highest BCUT2D eigenvalue weighted by Crippen LogP contribution is 2.24. The number of likely N-dealkylation sites (N-methyl/N-ethyl adjacent to an activating group) is 1. The van der Waals surface area contributed by atoms with Gasteiger partial charge in [0, 0.05) is 32.7 Å². The summed E-state index contributed by atoms with van der Waals surface area (Å²) in [7, 11) is -1.55. The fourth-order valence-corrected chi connectivity index (χ4v) is 5.32. The lowest BCUT2D eigenvalue weighted by Crippen LogP contribution is -2.48. The summed E-state index contributed by atoms with van der Waals surface area (Å²) in [5, 5.41) is 3.27. The topological polar surface area (TPSA) is 69.7 Å². The monoisotopic (exact) mass is 365 g/mol. The maximum Gasteiger partial charge on any atom is 0.227 e. The van der Waals surface area contributed by atoms with Gasteiger partial charge in [-0.3, -0.25) is 4.79 Å². The number of nitrogens with one attached hydrogen (secondary N) is 1. The van der Waals surface area contributed by atoms with Crippen LogP contribution in [-0.2, 0) is 20.6 Å². The molecule has 0 bridgehead atoms. The average Bonchev–Trinajstić information content (AvgIpc) is 3.16. The number of hydrogen-bond donors (Lipinski definition) is 1. The summed E-state index contributed by atoms with van der Waals surface area (Å²) in [6.45, 7) is 2.57. The Balaban J connectivity index is 1.64. The first kappa shape index (κ1) is 18.4. The molecule has 7 heteroatoms. The molecule has 6 nitrogen and oxygen atoms in total. The number of rotatable bonds is 5. The number of benzene rings is 1. The van der Waals surface area contributed by atoms with Gasteiger partial charge in [-0.05, 0) is 31.4 Å². The minimum absolute atomic E-state index is 0.00284. The SMILES string of the molecule is CN(C(=O)C1CCCN(S(=O)(=O)Cc2ccccc2)C1)C1CCNC1. The molecule has 2 saturated heterocycles. The van der Waals surface area contributed by atoms with Crippen molar-refractivity contribution in [2.45, 2.75) is 31.1 Å². The minimum atomic E-state index is -3.40. The molecule has 0 saturated carbocycles. The summed E-state index contributed by atoms with van der Waals surface area (Å²) in [5.41, 5.74) is 0.782. The molecule has 2 unspecified atom stereocenters. The van der Waals surface area contributed by atoms with Gasteiger partial charge in [0.2, 0.25) is 15.9 Å². The van der Waals surface area contributed by atoms with Crippen molar-refractivity contribution in [3.8, 4) is 0 Å². The highest BCUT2D eigenvalue weighted by atomic mass is 32.2. The van der Waals surface area contributed by atoms with E-state index in [1.54, 1.807) is 0 Å². The van der Waals surface area contributed by atoms with E-state index >= 15 is 0 Å². The third-order valence-electron chi connectivity index (χ3n) is 5.25. The Kier molecular flexibility index (Phi) is 5.76. The second-order valence-electron chi connectivity index (χ2n) is 7.03. The molecule has 0 aromatic heterocycles. The van der Waals surface area contributed by atoms with Crippen LogP contribution >= 0.6 is 0 Å². The lowest BCUT2D eigenvalue weighted by atomic mass is 9.97. The normalized spacial score (nSPS) is 25.0. The van der Waals surface area contributed by atoms with E-state index in [4.69, 9.17) is 0 Å². The Morgan fingerprint density at radius 2 is 2.04 bits per heavy atom. The van der Waals surface area contributed by atoms with Crippen LogP contribution in [0.5, 0.6) is 0 Å². The van der Waals surface area contributed by atoms with Gasteiger partial charge in [-0.2, -0.15) is 0 Å². The molecular weight excluding hydrogens is 338 g/mol. The number of nitrogens with zero attached hydrogens (tertiary/aromatic N) is 2. The van der Waals surface area contributed by atoms with E-state index in [9.17, 15) is 13.2 Å². The van der Waals surface area contributed by atoms with Crippen LogP contribution in [0.3, 0.4) is 0 Å². The minimum Gasteiger partial charge on any atom is -0.341 e. The first-order valence-corrected chi connectivity index (χ1v) is 10.6. The van der Waals surface area contributed by atoms with Crippen LogP contribution in [0.1, 0.15) is 24.8 Å². The van der Waals surface area contributed by atoms with Crippen LogP contribution in [-0.4, -0.2) is 62.8 Å². The number of carbonyl (C=O) groups is 1. The molecular formula is C18H27N3O3S. The number of hydrogen-bond acceptors (Lipinski definition) is 4. The zero-order valence-electron chi connectivity index (χ0n) is 14.7. The standard InChI is InChI=1S/C18H27N3O3S/c1-20(17-9-10-19-12-17)18(22)16-8-5-11-21(13-16)25(23,24)14-15-6-3-2-4-7-15/h2-4,6-7,16-17,19H,5,8-14H2,1H3. The van der Waals surface area contributed by atoms with Crippen molar-refractivity contribution < 1.29 is 13.2 Å². The molecule has 1 aromatic carbocycles. The fourth-order valence-electron chi connectivity index (χ4n) is 3.71. The molecule has 25 heavy (non-hydrogen) atoms. The zero-order chi connectivity index (χ0) is 17.9. The van der Waals surface area contributed by atoms with E-state index in [1.165, 1.54) is 4.31 Å². The van der Waals surface area contributed by atoms with E-state index in [1.807, 2.05) is 42.3 Å². The second-order valence-corrected chi connectivity index (χ2v) is 9.00. The molecule has 1 aromatic rings. The lowest BCUT2D eigenvalue weighted by molar-refractivity contribution is -0.137. The summed E-state index contributed by atoms with van der Waals surface area (Å²) in [5.74, 6) is -0.157. The molecule has 0 radical (unpaired) electrons. The van der Waals surface area contributed by atoms with Crippen molar-refractivity contribution in [2.75, 3.05) is 33.2 Å². The summed E-state index contributed by atoms with van der Waals surface area (Å²) in [4.78, 5) is 14.6. The Hall–Kier alpha value is -1.44. The number of carbonyl (C=O) groups excluding carboxylic acids is 1. The van der Waals surface area contributed by atoms with E-state index < -0.39 is 10.0 Å². The molecule has 2 atom stereocenters. The van der Waals surface area contributed by atoms with Crippen LogP contribution in [0.4, 0.5) is 0 Å². The van der Waals surface area contributed by atoms with Crippen LogP contribution in [0.15, 0.2) is 30.3 Å². The quantitative estimate of drug-likeness (QED) is 0.847. The Morgan fingerprint density at radius 1 is 1.28 bits per heavy atom. The molecule has 2 aliphatic heterocycles. The molecule has 0 spiro atoms. The fraction of sp³-hybridized carbons (Fsp3) is 0.611. The van der Waals surface area contributed by atoms with E-state index in [-0.39, 0.29) is 23.6 Å². The van der Waals surface area contributed by atoms with Crippen molar-refractivity contribution >= 4 is 15.9 Å². The summed E-state index contributed by atoms with van der Waals surface area (Å²) in [6.07, 6.45) is 2.47. The average molecular weight is 365 g/mol. The molecule has 1 N–H and O–H groups in total. The summed E-state index contributed by atoms with van der Waals surface area (Å²) < 4.78 is 27.0. The Morgan fingerprint density at radius 3 is 2.72 bits per heavy atom.